The average molecular weight is 654 g/mol. The van der Waals surface area contributed by atoms with Gasteiger partial charge in [0.2, 0.25) is 20.0 Å². The van der Waals surface area contributed by atoms with Crippen LogP contribution in [0.3, 0.4) is 0 Å². The van der Waals surface area contributed by atoms with Crippen LogP contribution >= 0.6 is 0 Å². The first-order valence-corrected chi connectivity index (χ1v) is 18.0. The molecule has 1 aliphatic carbocycles. The Kier molecular flexibility index (Phi) is 11.3. The molecule has 0 unspecified atom stereocenters. The van der Waals surface area contributed by atoms with Gasteiger partial charge in [-0.05, 0) is 48.6 Å². The first-order chi connectivity index (χ1) is 20.7. The third-order valence-electron chi connectivity index (χ3n) is 7.88. The van der Waals surface area contributed by atoms with Gasteiger partial charge in [-0.2, -0.15) is 4.31 Å². The van der Waals surface area contributed by atoms with Crippen molar-refractivity contribution in [1.82, 2.24) is 14.3 Å². The van der Waals surface area contributed by atoms with Crippen molar-refractivity contribution in [3.05, 3.63) is 60.2 Å². The number of nitrogens with zero attached hydrogens (tertiary/aromatic N) is 1. The van der Waals surface area contributed by atoms with Crippen molar-refractivity contribution in [3.8, 4) is 5.75 Å². The lowest BCUT2D eigenvalue weighted by Crippen LogP contribution is -2.51. The number of hydrogen-bond acceptors (Lipinski definition) is 9. The summed E-state index contributed by atoms with van der Waals surface area (Å²) in [7, 11) is -5.91. The largest absolute Gasteiger partial charge is 0.497 e. The van der Waals surface area contributed by atoms with Crippen LogP contribution in [-0.2, 0) is 35.9 Å². The molecule has 2 fully saturated rings. The maximum atomic E-state index is 13.7. The Morgan fingerprint density at radius 2 is 1.73 bits per heavy atom. The molecule has 2 aliphatic rings. The second kappa shape index (κ2) is 14.6. The molecule has 6 atom stereocenters. The molecule has 3 N–H and O–H groups in total. The summed E-state index contributed by atoms with van der Waals surface area (Å²) >= 11 is 0. The van der Waals surface area contributed by atoms with Crippen LogP contribution in [0, 0.1) is 11.8 Å². The molecular formula is C30H43N3O9S2. The van der Waals surface area contributed by atoms with Crippen molar-refractivity contribution in [2.24, 2.45) is 11.8 Å². The van der Waals surface area contributed by atoms with Gasteiger partial charge in [-0.25, -0.2) is 26.4 Å². The lowest BCUT2D eigenvalue weighted by Gasteiger charge is -2.31. The number of carbonyl (C=O) groups is 1. The van der Waals surface area contributed by atoms with Crippen LogP contribution in [0.25, 0.3) is 0 Å². The summed E-state index contributed by atoms with van der Waals surface area (Å²) in [5.74, 6) is 0.358. The fraction of sp³-hybridized carbons (Fsp3) is 0.567. The van der Waals surface area contributed by atoms with Gasteiger partial charge >= 0.3 is 6.09 Å². The standard InChI is InChI=1S/C30H43N3O9S2/c1-20(2)17-33(44(38,39)24-12-10-22(40-3)11-13-24)18-28(34)26(14-21-8-6-5-7-9-21)31-30(35)42-23-15-25-27(32-43(4,36)37)19-41-29(25)16-23/h5-13,20,23,25-29,32,34H,14-19H2,1-4H3,(H,31,35)/t23-,25-,26+,27+,28-,29-/m1/s1. The summed E-state index contributed by atoms with van der Waals surface area (Å²) in [5.41, 5.74) is 0.837. The molecule has 0 radical (unpaired) electrons. The summed E-state index contributed by atoms with van der Waals surface area (Å²) in [6, 6.07) is 14.0. The highest BCUT2D eigenvalue weighted by Gasteiger charge is 2.47. The van der Waals surface area contributed by atoms with Crippen LogP contribution in [0.2, 0.25) is 0 Å². The third-order valence-corrected chi connectivity index (χ3v) is 10.5. The topological polar surface area (TPSA) is 161 Å². The number of fused-ring (bicyclic) bond motifs is 1. The molecule has 1 amide bonds. The van der Waals surface area contributed by atoms with Gasteiger partial charge in [-0.15, -0.1) is 0 Å². The lowest BCUT2D eigenvalue weighted by atomic mass is 10.0. The monoisotopic (exact) mass is 653 g/mol. The van der Waals surface area contributed by atoms with E-state index in [-0.39, 0.29) is 55.0 Å². The van der Waals surface area contributed by atoms with E-state index in [0.29, 0.717) is 18.6 Å². The summed E-state index contributed by atoms with van der Waals surface area (Å²) in [5, 5.41) is 14.2. The molecule has 0 bridgehead atoms. The molecule has 44 heavy (non-hydrogen) atoms. The van der Waals surface area contributed by atoms with Crippen LogP contribution in [0.4, 0.5) is 4.79 Å². The molecule has 1 saturated heterocycles. The number of ether oxygens (including phenoxy) is 3. The van der Waals surface area contributed by atoms with E-state index in [1.165, 1.54) is 23.5 Å². The molecule has 0 aromatic heterocycles. The van der Waals surface area contributed by atoms with E-state index in [2.05, 4.69) is 10.0 Å². The molecule has 1 saturated carbocycles. The predicted octanol–water partition coefficient (Wildman–Crippen LogP) is 2.14. The Hall–Kier alpha value is -2.75. The number of nitrogens with one attached hydrogen (secondary N) is 2. The number of aliphatic hydroxyl groups excluding tert-OH is 1. The number of carbonyl (C=O) groups excluding carboxylic acids is 1. The predicted molar refractivity (Wildman–Crippen MR) is 164 cm³/mol. The van der Waals surface area contributed by atoms with Gasteiger partial charge < -0.3 is 24.6 Å². The maximum Gasteiger partial charge on any atom is 0.407 e. The molecule has 4 rings (SSSR count). The first-order valence-electron chi connectivity index (χ1n) is 14.7. The highest BCUT2D eigenvalue weighted by molar-refractivity contribution is 7.89. The summed E-state index contributed by atoms with van der Waals surface area (Å²) in [6.07, 6.45) is -0.580. The second-order valence-corrected chi connectivity index (χ2v) is 15.6. The zero-order chi connectivity index (χ0) is 32.1. The summed E-state index contributed by atoms with van der Waals surface area (Å²) < 4.78 is 71.2. The van der Waals surface area contributed by atoms with Crippen molar-refractivity contribution >= 4 is 26.1 Å². The lowest BCUT2D eigenvalue weighted by molar-refractivity contribution is 0.0543. The molecule has 2 aromatic carbocycles. The van der Waals surface area contributed by atoms with Crippen LogP contribution in [-0.4, -0.2) is 95.8 Å². The van der Waals surface area contributed by atoms with Crippen LogP contribution in [0.15, 0.2) is 59.5 Å². The van der Waals surface area contributed by atoms with Crippen LogP contribution < -0.4 is 14.8 Å². The van der Waals surface area contributed by atoms with Crippen LogP contribution in [0.5, 0.6) is 5.75 Å². The number of benzene rings is 2. The van der Waals surface area contributed by atoms with Gasteiger partial charge in [0, 0.05) is 25.4 Å². The van der Waals surface area contributed by atoms with E-state index in [9.17, 15) is 26.7 Å². The molecule has 14 heteroatoms. The minimum absolute atomic E-state index is 0.0363. The number of hydrogen-bond donors (Lipinski definition) is 3. The van der Waals surface area contributed by atoms with Crippen molar-refractivity contribution < 1.29 is 40.9 Å². The van der Waals surface area contributed by atoms with E-state index < -0.39 is 44.4 Å². The van der Waals surface area contributed by atoms with Crippen molar-refractivity contribution in [2.75, 3.05) is 33.1 Å². The minimum atomic E-state index is -3.99. The van der Waals surface area contributed by atoms with E-state index in [4.69, 9.17) is 14.2 Å². The van der Waals surface area contributed by atoms with Gasteiger partial charge in [0.1, 0.15) is 11.9 Å². The maximum absolute atomic E-state index is 13.7. The molecular weight excluding hydrogens is 610 g/mol. The molecule has 2 aromatic rings. The van der Waals surface area contributed by atoms with Gasteiger partial charge in [-0.3, -0.25) is 0 Å². The number of sulfonamides is 2. The first kappa shape index (κ1) is 34.1. The van der Waals surface area contributed by atoms with Gasteiger partial charge in [-0.1, -0.05) is 44.2 Å². The smallest absolute Gasteiger partial charge is 0.407 e. The molecule has 12 nitrogen and oxygen atoms in total. The Balaban J connectivity index is 1.47. The van der Waals surface area contributed by atoms with Crippen LogP contribution in [0.1, 0.15) is 32.3 Å². The Labute approximate surface area is 260 Å². The Morgan fingerprint density at radius 3 is 2.34 bits per heavy atom. The fourth-order valence-corrected chi connectivity index (χ4v) is 8.26. The quantitative estimate of drug-likeness (QED) is 0.278. The number of methoxy groups -OCH3 is 1. The highest BCUT2D eigenvalue weighted by Crippen LogP contribution is 2.38. The highest BCUT2D eigenvalue weighted by atomic mass is 32.2. The van der Waals surface area contributed by atoms with Gasteiger partial charge in [0.25, 0.3) is 0 Å². The number of aliphatic hydroxyl groups is 1. The number of amides is 1. The van der Waals surface area contributed by atoms with E-state index in [1.54, 1.807) is 12.1 Å². The van der Waals surface area contributed by atoms with Gasteiger partial charge in [0.05, 0.1) is 49.2 Å². The average Bonchev–Trinajstić information content (AvgIpc) is 3.52. The zero-order valence-corrected chi connectivity index (χ0v) is 27.1. The minimum Gasteiger partial charge on any atom is -0.497 e. The summed E-state index contributed by atoms with van der Waals surface area (Å²) in [6.45, 7) is 3.93. The van der Waals surface area contributed by atoms with E-state index in [1.807, 2.05) is 44.2 Å². The Morgan fingerprint density at radius 1 is 1.05 bits per heavy atom. The molecule has 0 spiro atoms. The Bertz CT molecular complexity index is 1450. The number of alkyl carbamates (subject to hydrolysis) is 1. The zero-order valence-electron chi connectivity index (χ0n) is 25.5. The third kappa shape index (κ3) is 9.14. The molecule has 1 aliphatic heterocycles. The second-order valence-electron chi connectivity index (χ2n) is 11.9. The number of rotatable bonds is 14. The SMILES string of the molecule is COc1ccc(S(=O)(=O)N(CC(C)C)C[C@@H](O)[C@H](Cc2ccccc2)NC(=O)O[C@@H]2C[C@@H]3[C@@H](NS(C)(=O)=O)CO[C@@H]3C2)cc1. The van der Waals surface area contributed by atoms with E-state index >= 15 is 0 Å². The normalized spacial score (nSPS) is 23.3. The van der Waals surface area contributed by atoms with Gasteiger partial charge in [0.15, 0.2) is 0 Å². The molecule has 1 heterocycles. The fourth-order valence-electron chi connectivity index (χ4n) is 5.84. The van der Waals surface area contributed by atoms with E-state index in [0.717, 1.165) is 11.8 Å². The molecule has 244 valence electrons. The van der Waals surface area contributed by atoms with Crippen molar-refractivity contribution in [3.63, 3.8) is 0 Å². The van der Waals surface area contributed by atoms with Crippen molar-refractivity contribution in [1.29, 1.82) is 0 Å². The summed E-state index contributed by atoms with van der Waals surface area (Å²) in [4.78, 5) is 13.2. The van der Waals surface area contributed by atoms with Crippen molar-refractivity contribution in [2.45, 2.75) is 68.4 Å².